The normalized spacial score (nSPS) is 48.8. The lowest BCUT2D eigenvalue weighted by atomic mass is 9.62. The first-order valence-electron chi connectivity index (χ1n) is 11.4. The molecule has 0 aromatic carbocycles. The zero-order valence-corrected chi connectivity index (χ0v) is 18.9. The molecule has 1 saturated carbocycles. The van der Waals surface area contributed by atoms with Crippen LogP contribution in [0, 0.1) is 23.2 Å². The van der Waals surface area contributed by atoms with Crippen LogP contribution in [0.2, 0.25) is 0 Å². The predicted molar refractivity (Wildman–Crippen MR) is 107 cm³/mol. The number of carbonyl (C=O) groups is 2. The molecule has 0 amide bonds. The highest BCUT2D eigenvalue weighted by atomic mass is 16.8. The largest absolute Gasteiger partial charge is 0.456 e. The van der Waals surface area contributed by atoms with Crippen LogP contribution in [0.1, 0.15) is 53.4 Å². The lowest BCUT2D eigenvalue weighted by Gasteiger charge is -2.48. The van der Waals surface area contributed by atoms with Gasteiger partial charge in [-0.1, -0.05) is 40.0 Å². The van der Waals surface area contributed by atoms with Crippen molar-refractivity contribution in [2.75, 3.05) is 6.61 Å². The summed E-state index contributed by atoms with van der Waals surface area (Å²) in [4.78, 5) is 24.4. The molecule has 11 atom stereocenters. The molecule has 0 bridgehead atoms. The topological polar surface area (TPSA) is 152 Å². The van der Waals surface area contributed by atoms with E-state index in [-0.39, 0.29) is 12.5 Å². The minimum atomic E-state index is -2.18. The third kappa shape index (κ3) is 2.74. The second-order valence-electron chi connectivity index (χ2n) is 10.0. The van der Waals surface area contributed by atoms with Gasteiger partial charge in [0.25, 0.3) is 0 Å². The summed E-state index contributed by atoms with van der Waals surface area (Å²) in [5.41, 5.74) is -5.89. The Kier molecular flexibility index (Phi) is 5.88. The zero-order valence-electron chi connectivity index (χ0n) is 18.9. The summed E-state index contributed by atoms with van der Waals surface area (Å²) in [5, 5.41) is 45.0. The minimum absolute atomic E-state index is 0.0961. The number of aliphatic hydroxyl groups is 4. The average molecular weight is 459 g/mol. The van der Waals surface area contributed by atoms with Gasteiger partial charge in [0.2, 0.25) is 6.29 Å². The van der Waals surface area contributed by atoms with E-state index in [1.54, 1.807) is 0 Å². The van der Waals surface area contributed by atoms with Crippen molar-refractivity contribution in [1.29, 1.82) is 0 Å². The number of unbranched alkanes of at least 4 members (excludes halogenated alkanes) is 2. The molecule has 4 aliphatic rings. The van der Waals surface area contributed by atoms with Gasteiger partial charge in [-0.05, 0) is 19.3 Å². The monoisotopic (exact) mass is 458 g/mol. The average Bonchev–Trinajstić information content (AvgIpc) is 3.31. The quantitative estimate of drug-likeness (QED) is 0.219. The van der Waals surface area contributed by atoms with E-state index in [4.69, 9.17) is 18.9 Å². The summed E-state index contributed by atoms with van der Waals surface area (Å²) in [6.07, 6.45) is -3.71. The molecule has 4 fully saturated rings. The highest BCUT2D eigenvalue weighted by Crippen LogP contribution is 2.70. The maximum atomic E-state index is 12.4. The number of ether oxygens (including phenoxy) is 4. The molecule has 4 rings (SSSR count). The molecule has 4 N–H and O–H groups in total. The van der Waals surface area contributed by atoms with Gasteiger partial charge in [0.15, 0.2) is 29.7 Å². The Morgan fingerprint density at radius 2 is 1.84 bits per heavy atom. The van der Waals surface area contributed by atoms with E-state index < -0.39 is 71.3 Å². The van der Waals surface area contributed by atoms with E-state index in [1.165, 1.54) is 13.8 Å². The van der Waals surface area contributed by atoms with Crippen molar-refractivity contribution in [2.45, 2.75) is 95.5 Å². The molecule has 3 aliphatic heterocycles. The van der Waals surface area contributed by atoms with Gasteiger partial charge >= 0.3 is 11.9 Å². The molecule has 10 nitrogen and oxygen atoms in total. The van der Waals surface area contributed by atoms with Crippen molar-refractivity contribution in [1.82, 2.24) is 0 Å². The molecule has 3 saturated heterocycles. The van der Waals surface area contributed by atoms with Crippen LogP contribution < -0.4 is 0 Å². The summed E-state index contributed by atoms with van der Waals surface area (Å²) in [6, 6.07) is 0. The Morgan fingerprint density at radius 3 is 2.50 bits per heavy atom. The molecule has 182 valence electrons. The van der Waals surface area contributed by atoms with E-state index in [2.05, 4.69) is 6.92 Å². The van der Waals surface area contributed by atoms with Crippen molar-refractivity contribution in [3.63, 3.8) is 0 Å². The molecule has 3 heterocycles. The Bertz CT molecular complexity index is 774. The summed E-state index contributed by atoms with van der Waals surface area (Å²) in [5.74, 6) is -3.85. The molecular formula is C22H34O10. The van der Waals surface area contributed by atoms with E-state index in [9.17, 15) is 30.0 Å². The smallest absolute Gasteiger partial charge is 0.337 e. The first-order valence-corrected chi connectivity index (χ1v) is 11.4. The fraction of sp³-hybridized carbons (Fsp3) is 0.909. The SMILES string of the molecule is CCCCC[C@@H](C)CO[C@@H](O)C12OC3OC(=O)[C@H](O)C3C1(C)[C@@H](O)C1OC(=O)[C@@H](C)[C@@]12O. The molecular weight excluding hydrogens is 424 g/mol. The van der Waals surface area contributed by atoms with Gasteiger partial charge in [0.1, 0.15) is 6.10 Å². The Balaban J connectivity index is 1.70. The first kappa shape index (κ1) is 23.8. The highest BCUT2D eigenvalue weighted by molar-refractivity contribution is 5.80. The van der Waals surface area contributed by atoms with E-state index in [1.807, 2.05) is 6.92 Å². The van der Waals surface area contributed by atoms with Gasteiger partial charge in [-0.3, -0.25) is 4.79 Å². The van der Waals surface area contributed by atoms with Gasteiger partial charge < -0.3 is 39.4 Å². The van der Waals surface area contributed by atoms with Gasteiger partial charge in [-0.2, -0.15) is 0 Å². The lowest BCUT2D eigenvalue weighted by molar-refractivity contribution is -0.324. The molecule has 0 spiro atoms. The second-order valence-corrected chi connectivity index (χ2v) is 10.0. The summed E-state index contributed by atoms with van der Waals surface area (Å²) in [7, 11) is 0. The number of esters is 2. The van der Waals surface area contributed by atoms with Crippen molar-refractivity contribution in [3.05, 3.63) is 0 Å². The third-order valence-corrected chi connectivity index (χ3v) is 8.28. The number of aliphatic hydroxyl groups excluding tert-OH is 3. The number of carbonyl (C=O) groups excluding carboxylic acids is 2. The van der Waals surface area contributed by atoms with Gasteiger partial charge in [0.05, 0.1) is 18.4 Å². The van der Waals surface area contributed by atoms with Gasteiger partial charge in [-0.25, -0.2) is 4.79 Å². The zero-order chi connectivity index (χ0) is 23.6. The minimum Gasteiger partial charge on any atom is -0.456 e. The third-order valence-electron chi connectivity index (χ3n) is 8.28. The molecule has 0 radical (unpaired) electrons. The van der Waals surface area contributed by atoms with Crippen molar-refractivity contribution < 1.29 is 49.0 Å². The second kappa shape index (κ2) is 7.89. The van der Waals surface area contributed by atoms with Crippen LogP contribution >= 0.6 is 0 Å². The van der Waals surface area contributed by atoms with E-state index >= 15 is 0 Å². The lowest BCUT2D eigenvalue weighted by Crippen LogP contribution is -2.69. The first-order chi connectivity index (χ1) is 15.0. The Hall–Kier alpha value is -1.30. The van der Waals surface area contributed by atoms with Crippen molar-refractivity contribution >= 4 is 11.9 Å². The van der Waals surface area contributed by atoms with Crippen molar-refractivity contribution in [3.8, 4) is 0 Å². The fourth-order valence-electron chi connectivity index (χ4n) is 6.38. The maximum absolute atomic E-state index is 12.4. The van der Waals surface area contributed by atoms with Crippen molar-refractivity contribution in [2.24, 2.45) is 23.2 Å². The molecule has 5 unspecified atom stereocenters. The maximum Gasteiger partial charge on any atom is 0.337 e. The molecule has 0 aromatic rings. The number of hydrogen-bond donors (Lipinski definition) is 4. The Morgan fingerprint density at radius 1 is 1.16 bits per heavy atom. The summed E-state index contributed by atoms with van der Waals surface area (Å²) < 4.78 is 22.3. The molecule has 0 aromatic heterocycles. The predicted octanol–water partition coefficient (Wildman–Crippen LogP) is -0.160. The van der Waals surface area contributed by atoms with Crippen LogP contribution in [-0.4, -0.2) is 81.1 Å². The fourth-order valence-corrected chi connectivity index (χ4v) is 6.38. The summed E-state index contributed by atoms with van der Waals surface area (Å²) in [6.45, 7) is 7.13. The van der Waals surface area contributed by atoms with Crippen LogP contribution in [0.5, 0.6) is 0 Å². The van der Waals surface area contributed by atoms with Gasteiger partial charge in [0, 0.05) is 5.41 Å². The Labute approximate surface area is 186 Å². The standard InChI is InChI=1S/C22H34O10/c1-5-6-7-8-10(2)9-29-19(27)22-20(4,12-13(23)17(26)31-18(12)32-22)14(24)15-21(22,28)11(3)16(25)30-15/h10-15,18-19,23-24,27-28H,5-9H2,1-4H3/t10-,11-,12?,13-,14+,15?,18?,19-,20?,21-,22?/m1/s1. The van der Waals surface area contributed by atoms with Crippen LogP contribution in [0.3, 0.4) is 0 Å². The number of fused-ring (bicyclic) bond motifs is 5. The summed E-state index contributed by atoms with van der Waals surface area (Å²) >= 11 is 0. The molecule has 1 aliphatic carbocycles. The number of hydrogen-bond acceptors (Lipinski definition) is 10. The van der Waals surface area contributed by atoms with Crippen LogP contribution in [-0.2, 0) is 28.5 Å². The van der Waals surface area contributed by atoms with E-state index in [0.29, 0.717) is 0 Å². The molecule has 32 heavy (non-hydrogen) atoms. The highest BCUT2D eigenvalue weighted by Gasteiger charge is 2.90. The van der Waals surface area contributed by atoms with E-state index in [0.717, 1.165) is 25.7 Å². The van der Waals surface area contributed by atoms with Crippen LogP contribution in [0.25, 0.3) is 0 Å². The van der Waals surface area contributed by atoms with Crippen LogP contribution in [0.4, 0.5) is 0 Å². The van der Waals surface area contributed by atoms with Gasteiger partial charge in [-0.15, -0.1) is 0 Å². The molecule has 10 heteroatoms. The van der Waals surface area contributed by atoms with Crippen LogP contribution in [0.15, 0.2) is 0 Å². The number of rotatable bonds is 8.